The zero-order chi connectivity index (χ0) is 16.4. The molecule has 2 aliphatic heterocycles. The normalized spacial score (nSPS) is 29.0. The van der Waals surface area contributed by atoms with Gasteiger partial charge in [0.2, 0.25) is 0 Å². The minimum Gasteiger partial charge on any atom is -0.373 e. The van der Waals surface area contributed by atoms with Crippen molar-refractivity contribution in [3.05, 3.63) is 35.6 Å². The molecule has 0 aliphatic carbocycles. The van der Waals surface area contributed by atoms with E-state index in [2.05, 4.69) is 18.7 Å². The van der Waals surface area contributed by atoms with Crippen molar-refractivity contribution in [3.8, 4) is 0 Å². The molecule has 1 amide bonds. The van der Waals surface area contributed by atoms with Gasteiger partial charge in [-0.05, 0) is 38.8 Å². The van der Waals surface area contributed by atoms with Crippen molar-refractivity contribution in [3.63, 3.8) is 0 Å². The first-order chi connectivity index (χ1) is 11.0. The van der Waals surface area contributed by atoms with Crippen molar-refractivity contribution in [2.45, 2.75) is 44.9 Å². The van der Waals surface area contributed by atoms with Gasteiger partial charge in [-0.2, -0.15) is 0 Å². The summed E-state index contributed by atoms with van der Waals surface area (Å²) in [7, 11) is 0. The van der Waals surface area contributed by atoms with Crippen molar-refractivity contribution in [1.29, 1.82) is 0 Å². The van der Waals surface area contributed by atoms with Gasteiger partial charge in [0.1, 0.15) is 5.82 Å². The van der Waals surface area contributed by atoms with E-state index in [1.54, 1.807) is 18.2 Å². The molecule has 1 aromatic carbocycles. The number of morpholine rings is 1. The Hall–Kier alpha value is -1.46. The van der Waals surface area contributed by atoms with Gasteiger partial charge in [0.05, 0.1) is 17.8 Å². The van der Waals surface area contributed by atoms with Gasteiger partial charge in [0.15, 0.2) is 0 Å². The number of halogens is 1. The van der Waals surface area contributed by atoms with E-state index in [1.807, 2.05) is 4.90 Å². The number of amides is 1. The summed E-state index contributed by atoms with van der Waals surface area (Å²) in [5.74, 6) is -0.614. The number of hydrogen-bond donors (Lipinski definition) is 0. The molecule has 2 heterocycles. The van der Waals surface area contributed by atoms with Gasteiger partial charge in [0.25, 0.3) is 5.91 Å². The van der Waals surface area contributed by atoms with E-state index in [4.69, 9.17) is 4.74 Å². The first-order valence-electron chi connectivity index (χ1n) is 8.48. The summed E-state index contributed by atoms with van der Waals surface area (Å²) >= 11 is 0. The highest BCUT2D eigenvalue weighted by atomic mass is 19.1. The molecule has 0 spiro atoms. The second-order valence-electron chi connectivity index (χ2n) is 6.75. The van der Waals surface area contributed by atoms with Crippen LogP contribution in [0.5, 0.6) is 0 Å². The van der Waals surface area contributed by atoms with Crippen molar-refractivity contribution < 1.29 is 13.9 Å². The second kappa shape index (κ2) is 6.97. The molecule has 3 atom stereocenters. The first-order valence-corrected chi connectivity index (χ1v) is 8.48. The van der Waals surface area contributed by atoms with Gasteiger partial charge in [-0.25, -0.2) is 4.39 Å². The predicted molar refractivity (Wildman–Crippen MR) is 86.9 cm³/mol. The standard InChI is InChI=1S/C18H25FN2O2/c1-13-10-20(11-14(2)23-13)12-15-6-5-9-21(15)18(22)16-7-3-4-8-17(16)19/h3-4,7-8,13-15H,5-6,9-12H2,1-2H3/t13-,14-,15-/m1/s1. The van der Waals surface area contributed by atoms with E-state index in [1.165, 1.54) is 6.07 Å². The van der Waals surface area contributed by atoms with Crippen LogP contribution in [-0.4, -0.2) is 60.1 Å². The Morgan fingerprint density at radius 2 is 1.96 bits per heavy atom. The number of benzene rings is 1. The zero-order valence-corrected chi connectivity index (χ0v) is 13.9. The molecule has 0 unspecified atom stereocenters. The van der Waals surface area contributed by atoms with Gasteiger partial charge in [-0.1, -0.05) is 12.1 Å². The van der Waals surface area contributed by atoms with Crippen molar-refractivity contribution in [2.24, 2.45) is 0 Å². The molecular formula is C18H25FN2O2. The van der Waals surface area contributed by atoms with Crippen LogP contribution in [0.4, 0.5) is 4.39 Å². The Balaban J connectivity index is 1.68. The second-order valence-corrected chi connectivity index (χ2v) is 6.75. The molecule has 0 radical (unpaired) electrons. The molecule has 0 N–H and O–H groups in total. The number of ether oxygens (including phenoxy) is 1. The summed E-state index contributed by atoms with van der Waals surface area (Å²) in [5, 5.41) is 0. The van der Waals surface area contributed by atoms with Gasteiger partial charge in [-0.15, -0.1) is 0 Å². The zero-order valence-electron chi connectivity index (χ0n) is 13.9. The highest BCUT2D eigenvalue weighted by molar-refractivity contribution is 5.94. The van der Waals surface area contributed by atoms with Crippen LogP contribution in [-0.2, 0) is 4.74 Å². The minimum absolute atomic E-state index is 0.166. The summed E-state index contributed by atoms with van der Waals surface area (Å²) in [5.41, 5.74) is 0.183. The summed E-state index contributed by atoms with van der Waals surface area (Å²) in [6, 6.07) is 6.42. The van der Waals surface area contributed by atoms with Crippen LogP contribution in [0.1, 0.15) is 37.0 Å². The number of rotatable bonds is 3. The maximum absolute atomic E-state index is 13.9. The highest BCUT2D eigenvalue weighted by Crippen LogP contribution is 2.23. The van der Waals surface area contributed by atoms with Crippen molar-refractivity contribution in [2.75, 3.05) is 26.2 Å². The van der Waals surface area contributed by atoms with Crippen LogP contribution in [0.15, 0.2) is 24.3 Å². The lowest BCUT2D eigenvalue weighted by Gasteiger charge is -2.38. The summed E-state index contributed by atoms with van der Waals surface area (Å²) in [4.78, 5) is 16.9. The number of nitrogens with zero attached hydrogens (tertiary/aromatic N) is 2. The number of hydrogen-bond acceptors (Lipinski definition) is 3. The Bertz CT molecular complexity index is 556. The molecule has 1 aromatic rings. The van der Waals surface area contributed by atoms with Crippen LogP contribution in [0, 0.1) is 5.82 Å². The van der Waals surface area contributed by atoms with E-state index in [9.17, 15) is 9.18 Å². The topological polar surface area (TPSA) is 32.8 Å². The fourth-order valence-electron chi connectivity index (χ4n) is 3.81. The molecular weight excluding hydrogens is 295 g/mol. The molecule has 0 saturated carbocycles. The molecule has 23 heavy (non-hydrogen) atoms. The number of carbonyl (C=O) groups excluding carboxylic acids is 1. The molecule has 4 nitrogen and oxygen atoms in total. The third-order valence-corrected chi connectivity index (χ3v) is 4.71. The van der Waals surface area contributed by atoms with Crippen molar-refractivity contribution >= 4 is 5.91 Å². The highest BCUT2D eigenvalue weighted by Gasteiger charge is 2.33. The smallest absolute Gasteiger partial charge is 0.257 e. The van der Waals surface area contributed by atoms with E-state index in [0.717, 1.165) is 32.5 Å². The van der Waals surface area contributed by atoms with Gasteiger partial charge < -0.3 is 9.64 Å². The predicted octanol–water partition coefficient (Wildman–Crippen LogP) is 2.54. The van der Waals surface area contributed by atoms with Crippen LogP contribution >= 0.6 is 0 Å². The fourth-order valence-corrected chi connectivity index (χ4v) is 3.81. The largest absolute Gasteiger partial charge is 0.373 e. The lowest BCUT2D eigenvalue weighted by Crippen LogP contribution is -2.51. The lowest BCUT2D eigenvalue weighted by atomic mass is 10.1. The Labute approximate surface area is 137 Å². The van der Waals surface area contributed by atoms with E-state index in [-0.39, 0.29) is 29.7 Å². The average Bonchev–Trinajstić information content (AvgIpc) is 2.94. The summed E-state index contributed by atoms with van der Waals surface area (Å²) in [6.45, 7) is 7.51. The molecule has 2 aliphatic rings. The summed E-state index contributed by atoms with van der Waals surface area (Å²) in [6.07, 6.45) is 2.41. The Kier molecular flexibility index (Phi) is 4.97. The summed E-state index contributed by atoms with van der Waals surface area (Å²) < 4.78 is 19.7. The van der Waals surface area contributed by atoms with Crippen LogP contribution < -0.4 is 0 Å². The van der Waals surface area contributed by atoms with Crippen LogP contribution in [0.3, 0.4) is 0 Å². The van der Waals surface area contributed by atoms with Crippen LogP contribution in [0.25, 0.3) is 0 Å². The molecule has 5 heteroatoms. The molecule has 126 valence electrons. The monoisotopic (exact) mass is 320 g/mol. The third-order valence-electron chi connectivity index (χ3n) is 4.71. The van der Waals surface area contributed by atoms with Crippen molar-refractivity contribution in [1.82, 2.24) is 9.80 Å². The Morgan fingerprint density at radius 1 is 1.26 bits per heavy atom. The van der Waals surface area contributed by atoms with Gasteiger partial charge in [-0.3, -0.25) is 9.69 Å². The fraction of sp³-hybridized carbons (Fsp3) is 0.611. The minimum atomic E-state index is -0.434. The van der Waals surface area contributed by atoms with E-state index >= 15 is 0 Å². The molecule has 2 saturated heterocycles. The Morgan fingerprint density at radius 3 is 2.65 bits per heavy atom. The lowest BCUT2D eigenvalue weighted by molar-refractivity contribution is -0.0715. The van der Waals surface area contributed by atoms with E-state index < -0.39 is 5.82 Å². The molecule has 0 aromatic heterocycles. The van der Waals surface area contributed by atoms with E-state index in [0.29, 0.717) is 6.54 Å². The van der Waals surface area contributed by atoms with Crippen LogP contribution in [0.2, 0.25) is 0 Å². The number of carbonyl (C=O) groups is 1. The quantitative estimate of drug-likeness (QED) is 0.858. The third kappa shape index (κ3) is 3.72. The van der Waals surface area contributed by atoms with Gasteiger partial charge >= 0.3 is 0 Å². The molecule has 3 rings (SSSR count). The molecule has 2 fully saturated rings. The average molecular weight is 320 g/mol. The molecule has 0 bridgehead atoms. The SMILES string of the molecule is C[C@@H]1CN(C[C@H]2CCCN2C(=O)c2ccccc2F)C[C@@H](C)O1. The maximum atomic E-state index is 13.9. The maximum Gasteiger partial charge on any atom is 0.257 e. The number of likely N-dealkylation sites (tertiary alicyclic amines) is 1. The van der Waals surface area contributed by atoms with Gasteiger partial charge in [0, 0.05) is 32.2 Å². The first kappa shape index (κ1) is 16.4.